The molecule has 10 aromatic carbocycles. The second kappa shape index (κ2) is 12.2. The smallest absolute Gasteiger partial charge is 0.144 e. The maximum absolute atomic E-state index is 6.94. The lowest BCUT2D eigenvalue weighted by atomic mass is 9.72. The van der Waals surface area contributed by atoms with E-state index in [0.29, 0.717) is 0 Å². The third-order valence-corrected chi connectivity index (χ3v) is 14.4. The fourth-order valence-electron chi connectivity index (χ4n) is 11.6. The van der Waals surface area contributed by atoms with Gasteiger partial charge in [-0.15, -0.1) is 0 Å². The summed E-state index contributed by atoms with van der Waals surface area (Å²) in [5.74, 6) is 0. The number of hydrogen-bond donors (Lipinski definition) is 0. The molecule has 0 N–H and O–H groups in total. The lowest BCUT2D eigenvalue weighted by Gasteiger charge is -2.31. The van der Waals surface area contributed by atoms with Gasteiger partial charge in [-0.2, -0.15) is 0 Å². The molecule has 0 radical (unpaired) electrons. The van der Waals surface area contributed by atoms with E-state index in [-0.39, 0.29) is 10.8 Å². The topological polar surface area (TPSA) is 13.1 Å². The quantitative estimate of drug-likeness (QED) is 0.163. The molecule has 2 aliphatic rings. The summed E-state index contributed by atoms with van der Waals surface area (Å²) in [5.41, 5.74) is 19.8. The third-order valence-electron chi connectivity index (χ3n) is 14.4. The fraction of sp³-hybridized carbons (Fsp3) is 0.100. The van der Waals surface area contributed by atoms with E-state index in [1.807, 2.05) is 0 Å². The molecule has 0 saturated carbocycles. The third kappa shape index (κ3) is 4.61. The molecule has 61 heavy (non-hydrogen) atoms. The van der Waals surface area contributed by atoms with E-state index >= 15 is 0 Å². The summed E-state index contributed by atoms with van der Waals surface area (Å²) < 4.78 is 6.94. The Hall–Kier alpha value is -7.22. The Morgan fingerprint density at radius 2 is 0.852 bits per heavy atom. The number of benzene rings is 10. The molecule has 0 unspecified atom stereocenters. The van der Waals surface area contributed by atoms with Gasteiger partial charge in [-0.25, -0.2) is 0 Å². The van der Waals surface area contributed by atoms with Crippen LogP contribution in [0.3, 0.4) is 0 Å². The van der Waals surface area contributed by atoms with Crippen LogP contribution in [-0.4, -0.2) is 0 Å². The minimum Gasteiger partial charge on any atom is -0.455 e. The van der Waals surface area contributed by atoms with Crippen molar-refractivity contribution in [2.45, 2.75) is 38.5 Å². The Morgan fingerprint density at radius 3 is 1.57 bits per heavy atom. The van der Waals surface area contributed by atoms with Crippen LogP contribution in [0.5, 0.6) is 0 Å². The summed E-state index contributed by atoms with van der Waals surface area (Å²) in [6, 6.07) is 67.5. The summed E-state index contributed by atoms with van der Waals surface area (Å²) in [5, 5.41) is 10.0. The monoisotopic (exact) mass is 778 g/mol. The van der Waals surface area contributed by atoms with Gasteiger partial charge in [-0.1, -0.05) is 191 Å². The Labute approximate surface area is 355 Å². The van der Waals surface area contributed by atoms with Crippen molar-refractivity contribution in [2.75, 3.05) is 0 Å². The van der Waals surface area contributed by atoms with E-state index in [0.717, 1.165) is 11.2 Å². The molecule has 1 nitrogen and oxygen atoms in total. The number of furan rings is 1. The van der Waals surface area contributed by atoms with Crippen LogP contribution >= 0.6 is 0 Å². The standard InChI is InChI=1S/C60H42O/c1-59(2)48-23-13-11-21-45(48)55-57(59)56-53(54-47-22-12-14-24-50(47)61-58(54)55)46-32-31-40(34-49(46)60(56,3)4)52-43-19-9-7-17-41(43)51(42-18-8-10-20-44(42)52)37-28-25-36(26-29-37)39-30-27-35-15-5-6-16-38(35)33-39/h5-34H,1-4H3. The van der Waals surface area contributed by atoms with Gasteiger partial charge in [-0.05, 0) is 123 Å². The molecular weight excluding hydrogens is 737 g/mol. The summed E-state index contributed by atoms with van der Waals surface area (Å²) >= 11 is 0. The number of rotatable bonds is 3. The molecule has 11 aromatic rings. The van der Waals surface area contributed by atoms with Crippen molar-refractivity contribution in [3.63, 3.8) is 0 Å². The van der Waals surface area contributed by atoms with Gasteiger partial charge in [0.1, 0.15) is 11.2 Å². The highest BCUT2D eigenvalue weighted by atomic mass is 16.3. The molecular formula is C60H42O. The van der Waals surface area contributed by atoms with Crippen molar-refractivity contribution >= 4 is 54.3 Å². The van der Waals surface area contributed by atoms with E-state index in [2.05, 4.69) is 210 Å². The highest BCUT2D eigenvalue weighted by Gasteiger charge is 2.48. The normalized spacial score (nSPS) is 14.5. The molecule has 2 aliphatic carbocycles. The number of para-hydroxylation sites is 1. The van der Waals surface area contributed by atoms with Crippen molar-refractivity contribution in [3.05, 3.63) is 204 Å². The molecule has 0 fully saturated rings. The zero-order chi connectivity index (χ0) is 40.8. The van der Waals surface area contributed by atoms with Crippen molar-refractivity contribution in [3.8, 4) is 55.6 Å². The lowest BCUT2D eigenvalue weighted by molar-refractivity contribution is 0.600. The second-order valence-electron chi connectivity index (χ2n) is 18.3. The molecule has 288 valence electrons. The summed E-state index contributed by atoms with van der Waals surface area (Å²) in [6.07, 6.45) is 0. The molecule has 0 atom stereocenters. The predicted molar refractivity (Wildman–Crippen MR) is 258 cm³/mol. The van der Waals surface area contributed by atoms with Crippen molar-refractivity contribution < 1.29 is 4.42 Å². The van der Waals surface area contributed by atoms with Gasteiger partial charge in [0.2, 0.25) is 0 Å². The van der Waals surface area contributed by atoms with E-state index in [4.69, 9.17) is 4.42 Å². The van der Waals surface area contributed by atoms with Crippen molar-refractivity contribution in [2.24, 2.45) is 0 Å². The van der Waals surface area contributed by atoms with Crippen LogP contribution in [0.1, 0.15) is 49.9 Å². The van der Waals surface area contributed by atoms with Gasteiger partial charge in [0.15, 0.2) is 0 Å². The lowest BCUT2D eigenvalue weighted by Crippen LogP contribution is -2.24. The largest absolute Gasteiger partial charge is 0.455 e. The van der Waals surface area contributed by atoms with Crippen LogP contribution in [0.15, 0.2) is 186 Å². The Kier molecular flexibility index (Phi) is 6.91. The van der Waals surface area contributed by atoms with Crippen LogP contribution in [0.2, 0.25) is 0 Å². The van der Waals surface area contributed by atoms with Crippen LogP contribution < -0.4 is 0 Å². The second-order valence-corrected chi connectivity index (χ2v) is 18.3. The zero-order valence-electron chi connectivity index (χ0n) is 34.7. The van der Waals surface area contributed by atoms with Crippen molar-refractivity contribution in [1.82, 2.24) is 0 Å². The molecule has 13 rings (SSSR count). The molecule has 0 saturated heterocycles. The summed E-state index contributed by atoms with van der Waals surface area (Å²) in [4.78, 5) is 0. The van der Waals surface area contributed by atoms with E-state index in [1.165, 1.54) is 121 Å². The molecule has 0 amide bonds. The number of fused-ring (bicyclic) bond motifs is 15. The molecule has 1 aromatic heterocycles. The average Bonchev–Trinajstić information content (AvgIpc) is 3.87. The molecule has 1 heteroatoms. The SMILES string of the molecule is CC1(C)c2ccccc2-c2c1c1c(c3c2oc2ccccc23)-c2ccc(-c3c4ccccc4c(-c4ccc(-c5ccc6ccccc6c5)cc4)c4ccccc34)cc2C1(C)C. The molecule has 1 heterocycles. The zero-order valence-corrected chi connectivity index (χ0v) is 34.7. The maximum atomic E-state index is 6.94. The first kappa shape index (κ1) is 34.6. The van der Waals surface area contributed by atoms with E-state index in [1.54, 1.807) is 0 Å². The average molecular weight is 779 g/mol. The van der Waals surface area contributed by atoms with Crippen LogP contribution in [0, 0.1) is 0 Å². The first-order chi connectivity index (χ1) is 29.8. The highest BCUT2D eigenvalue weighted by molar-refractivity contribution is 6.23. The molecule has 0 aliphatic heterocycles. The fourth-order valence-corrected chi connectivity index (χ4v) is 11.6. The summed E-state index contributed by atoms with van der Waals surface area (Å²) in [6.45, 7) is 9.73. The minimum absolute atomic E-state index is 0.193. The van der Waals surface area contributed by atoms with Crippen molar-refractivity contribution in [1.29, 1.82) is 0 Å². The van der Waals surface area contributed by atoms with Gasteiger partial charge < -0.3 is 4.42 Å². The van der Waals surface area contributed by atoms with Crippen LogP contribution in [-0.2, 0) is 10.8 Å². The van der Waals surface area contributed by atoms with Gasteiger partial charge in [-0.3, -0.25) is 0 Å². The van der Waals surface area contributed by atoms with Gasteiger partial charge in [0.25, 0.3) is 0 Å². The maximum Gasteiger partial charge on any atom is 0.144 e. The predicted octanol–water partition coefficient (Wildman–Crippen LogP) is 16.7. The summed E-state index contributed by atoms with van der Waals surface area (Å²) in [7, 11) is 0. The Balaban J connectivity index is 1.02. The van der Waals surface area contributed by atoms with Gasteiger partial charge in [0, 0.05) is 27.2 Å². The highest BCUT2D eigenvalue weighted by Crippen LogP contribution is 2.63. The van der Waals surface area contributed by atoms with Gasteiger partial charge in [0.05, 0.1) is 0 Å². The van der Waals surface area contributed by atoms with E-state index < -0.39 is 0 Å². The Bertz CT molecular complexity index is 3630. The molecule has 0 spiro atoms. The first-order valence-corrected chi connectivity index (χ1v) is 21.6. The Morgan fingerprint density at radius 1 is 0.344 bits per heavy atom. The first-order valence-electron chi connectivity index (χ1n) is 21.6. The van der Waals surface area contributed by atoms with Crippen LogP contribution in [0.4, 0.5) is 0 Å². The number of hydrogen-bond acceptors (Lipinski definition) is 1. The minimum atomic E-state index is -0.269. The van der Waals surface area contributed by atoms with E-state index in [9.17, 15) is 0 Å². The van der Waals surface area contributed by atoms with Crippen LogP contribution in [0.25, 0.3) is 110 Å². The van der Waals surface area contributed by atoms with Gasteiger partial charge >= 0.3 is 0 Å². The molecule has 0 bridgehead atoms.